The predicted octanol–water partition coefficient (Wildman–Crippen LogP) is 2.96. The van der Waals surface area contributed by atoms with Crippen LogP contribution in [0.4, 0.5) is 0 Å². The highest BCUT2D eigenvalue weighted by atomic mass is 14.9. The molecule has 0 radical (unpaired) electrons. The average Bonchev–Trinajstić information content (AvgIpc) is 2.79. The van der Waals surface area contributed by atoms with Gasteiger partial charge in [0.2, 0.25) is 0 Å². The Bertz CT molecular complexity index is 297. The molecule has 0 amide bonds. The fourth-order valence-electron chi connectivity index (χ4n) is 2.78. The van der Waals surface area contributed by atoms with E-state index in [-0.39, 0.29) is 0 Å². The molecule has 0 bridgehead atoms. The summed E-state index contributed by atoms with van der Waals surface area (Å²) < 4.78 is 0. The quantitative estimate of drug-likeness (QED) is 0.769. The van der Waals surface area contributed by atoms with Crippen molar-refractivity contribution in [3.8, 4) is 0 Å². The Morgan fingerprint density at radius 3 is 3.12 bits per heavy atom. The van der Waals surface area contributed by atoms with Crippen molar-refractivity contribution in [3.05, 3.63) is 30.1 Å². The van der Waals surface area contributed by atoms with Gasteiger partial charge in [-0.15, -0.1) is 0 Å². The van der Waals surface area contributed by atoms with Gasteiger partial charge in [0.05, 0.1) is 0 Å². The van der Waals surface area contributed by atoms with Gasteiger partial charge in [-0.05, 0) is 55.8 Å². The summed E-state index contributed by atoms with van der Waals surface area (Å²) in [4.78, 5) is 4.24. The van der Waals surface area contributed by atoms with Crippen LogP contribution in [0.1, 0.15) is 44.1 Å². The van der Waals surface area contributed by atoms with Gasteiger partial charge in [-0.3, -0.25) is 4.98 Å². The molecule has 0 aliphatic heterocycles. The van der Waals surface area contributed by atoms with Crippen LogP contribution in [0.5, 0.6) is 0 Å². The fraction of sp³-hybridized carbons (Fsp3) is 0.643. The zero-order chi connectivity index (χ0) is 11.2. The molecule has 1 saturated carbocycles. The van der Waals surface area contributed by atoms with Crippen molar-refractivity contribution in [2.75, 3.05) is 13.1 Å². The highest BCUT2D eigenvalue weighted by Gasteiger charge is 2.27. The maximum Gasteiger partial charge on any atom is 0.0302 e. The van der Waals surface area contributed by atoms with Crippen LogP contribution in [0.3, 0.4) is 0 Å². The summed E-state index contributed by atoms with van der Waals surface area (Å²) in [6.45, 7) is 4.55. The number of rotatable bonds is 5. The van der Waals surface area contributed by atoms with Gasteiger partial charge in [0.25, 0.3) is 0 Å². The van der Waals surface area contributed by atoms with Crippen molar-refractivity contribution in [2.45, 2.75) is 38.5 Å². The van der Waals surface area contributed by atoms with E-state index in [2.05, 4.69) is 29.4 Å². The van der Waals surface area contributed by atoms with Crippen LogP contribution in [0.25, 0.3) is 0 Å². The Kier molecular flexibility index (Phi) is 4.34. The molecule has 1 heterocycles. The Balaban J connectivity index is 1.93. The molecule has 1 aromatic rings. The summed E-state index contributed by atoms with van der Waals surface area (Å²) in [6.07, 6.45) is 9.22. The molecular formula is C14H22N2. The molecule has 1 aliphatic carbocycles. The second-order valence-corrected chi connectivity index (χ2v) is 4.79. The van der Waals surface area contributed by atoms with Crippen molar-refractivity contribution in [1.29, 1.82) is 0 Å². The lowest BCUT2D eigenvalue weighted by molar-refractivity contribution is 0.444. The zero-order valence-electron chi connectivity index (χ0n) is 10.2. The van der Waals surface area contributed by atoms with E-state index in [1.54, 1.807) is 0 Å². The first-order valence-electron chi connectivity index (χ1n) is 6.52. The molecule has 16 heavy (non-hydrogen) atoms. The standard InChI is InChI=1S/C14H22N2/c1-2-8-15-10-12-5-3-7-14(12)13-6-4-9-16-11-13/h4,6,9,11-12,14-15H,2-3,5,7-8,10H2,1H3. The number of hydrogen-bond acceptors (Lipinski definition) is 2. The van der Waals surface area contributed by atoms with Gasteiger partial charge in [0.1, 0.15) is 0 Å². The fourth-order valence-corrected chi connectivity index (χ4v) is 2.78. The summed E-state index contributed by atoms with van der Waals surface area (Å²) in [5, 5.41) is 3.56. The maximum atomic E-state index is 4.24. The zero-order valence-corrected chi connectivity index (χ0v) is 10.2. The number of nitrogens with zero attached hydrogens (tertiary/aromatic N) is 1. The molecule has 1 N–H and O–H groups in total. The van der Waals surface area contributed by atoms with Crippen molar-refractivity contribution in [1.82, 2.24) is 10.3 Å². The van der Waals surface area contributed by atoms with Crippen molar-refractivity contribution < 1.29 is 0 Å². The van der Waals surface area contributed by atoms with Crippen LogP contribution in [-0.2, 0) is 0 Å². The van der Waals surface area contributed by atoms with E-state index in [1.165, 1.54) is 37.8 Å². The first-order valence-corrected chi connectivity index (χ1v) is 6.52. The molecule has 2 nitrogen and oxygen atoms in total. The van der Waals surface area contributed by atoms with E-state index in [0.29, 0.717) is 0 Å². The molecule has 0 saturated heterocycles. The second-order valence-electron chi connectivity index (χ2n) is 4.79. The monoisotopic (exact) mass is 218 g/mol. The molecule has 1 aromatic heterocycles. The van der Waals surface area contributed by atoms with Gasteiger partial charge in [0.15, 0.2) is 0 Å². The normalized spacial score (nSPS) is 24.8. The van der Waals surface area contributed by atoms with Crippen molar-refractivity contribution in [2.24, 2.45) is 5.92 Å². The third-order valence-electron chi connectivity index (χ3n) is 3.60. The van der Waals surface area contributed by atoms with E-state index < -0.39 is 0 Å². The molecule has 0 spiro atoms. The lowest BCUT2D eigenvalue weighted by Crippen LogP contribution is -2.25. The minimum absolute atomic E-state index is 0.734. The van der Waals surface area contributed by atoms with Crippen molar-refractivity contribution in [3.63, 3.8) is 0 Å². The first-order chi connectivity index (χ1) is 7.92. The van der Waals surface area contributed by atoms with Crippen LogP contribution in [0.15, 0.2) is 24.5 Å². The van der Waals surface area contributed by atoms with Gasteiger partial charge >= 0.3 is 0 Å². The predicted molar refractivity (Wildman–Crippen MR) is 67.5 cm³/mol. The number of aromatic nitrogens is 1. The molecule has 1 aliphatic rings. The van der Waals surface area contributed by atoms with Crippen molar-refractivity contribution >= 4 is 0 Å². The largest absolute Gasteiger partial charge is 0.316 e. The van der Waals surface area contributed by atoms with Gasteiger partial charge in [0, 0.05) is 12.4 Å². The summed E-state index contributed by atoms with van der Waals surface area (Å²) in [6, 6.07) is 4.29. The number of pyridine rings is 1. The van der Waals surface area contributed by atoms with Crippen LogP contribution in [-0.4, -0.2) is 18.1 Å². The number of nitrogens with one attached hydrogen (secondary N) is 1. The summed E-state index contributed by atoms with van der Waals surface area (Å²) >= 11 is 0. The molecule has 2 rings (SSSR count). The van der Waals surface area contributed by atoms with Crippen LogP contribution in [0.2, 0.25) is 0 Å². The molecule has 2 heteroatoms. The lowest BCUT2D eigenvalue weighted by atomic mass is 9.90. The Morgan fingerprint density at radius 2 is 2.38 bits per heavy atom. The lowest BCUT2D eigenvalue weighted by Gasteiger charge is -2.20. The number of hydrogen-bond donors (Lipinski definition) is 1. The molecule has 1 fully saturated rings. The van der Waals surface area contributed by atoms with E-state index in [1.807, 2.05) is 12.4 Å². The Hall–Kier alpha value is -0.890. The third kappa shape index (κ3) is 2.82. The topological polar surface area (TPSA) is 24.9 Å². The van der Waals surface area contributed by atoms with E-state index >= 15 is 0 Å². The minimum Gasteiger partial charge on any atom is -0.316 e. The highest BCUT2D eigenvalue weighted by Crippen LogP contribution is 2.38. The summed E-state index contributed by atoms with van der Waals surface area (Å²) in [5.74, 6) is 1.55. The van der Waals surface area contributed by atoms with Gasteiger partial charge in [-0.1, -0.05) is 19.4 Å². The SMILES string of the molecule is CCCNCC1CCCC1c1cccnc1. The van der Waals surface area contributed by atoms with Gasteiger partial charge in [-0.2, -0.15) is 0 Å². The smallest absolute Gasteiger partial charge is 0.0302 e. The van der Waals surface area contributed by atoms with Crippen LogP contribution >= 0.6 is 0 Å². The highest BCUT2D eigenvalue weighted by molar-refractivity contribution is 5.17. The summed E-state index contributed by atoms with van der Waals surface area (Å²) in [5.41, 5.74) is 1.43. The molecule has 2 unspecified atom stereocenters. The Labute approximate surface area is 98.5 Å². The van der Waals surface area contributed by atoms with Crippen LogP contribution < -0.4 is 5.32 Å². The van der Waals surface area contributed by atoms with Gasteiger partial charge in [-0.25, -0.2) is 0 Å². The molecular weight excluding hydrogens is 196 g/mol. The minimum atomic E-state index is 0.734. The molecule has 2 atom stereocenters. The maximum absolute atomic E-state index is 4.24. The van der Waals surface area contributed by atoms with Crippen LogP contribution in [0, 0.1) is 5.92 Å². The first kappa shape index (κ1) is 11.6. The van der Waals surface area contributed by atoms with E-state index in [9.17, 15) is 0 Å². The van der Waals surface area contributed by atoms with Gasteiger partial charge < -0.3 is 5.32 Å². The van der Waals surface area contributed by atoms with E-state index in [0.717, 1.165) is 18.4 Å². The molecule has 88 valence electrons. The third-order valence-corrected chi connectivity index (χ3v) is 3.60. The Morgan fingerprint density at radius 1 is 1.44 bits per heavy atom. The second kappa shape index (κ2) is 6.00. The average molecular weight is 218 g/mol. The summed E-state index contributed by atoms with van der Waals surface area (Å²) in [7, 11) is 0. The van der Waals surface area contributed by atoms with E-state index in [4.69, 9.17) is 0 Å². The molecule has 0 aromatic carbocycles.